The van der Waals surface area contributed by atoms with Crippen LogP contribution in [0.4, 0.5) is 0 Å². The van der Waals surface area contributed by atoms with Crippen LogP contribution in [0.5, 0.6) is 0 Å². The van der Waals surface area contributed by atoms with E-state index in [0.717, 1.165) is 178 Å². The summed E-state index contributed by atoms with van der Waals surface area (Å²) in [5, 5.41) is 23.6. The van der Waals surface area contributed by atoms with E-state index in [1.165, 1.54) is 70.4 Å². The molecule has 0 N–H and O–H groups in total. The molecule has 126 heavy (non-hydrogen) atoms. The Kier molecular flexibility index (Phi) is 14.9. The minimum Gasteiger partial charge on any atom is -0.447 e. The van der Waals surface area contributed by atoms with Crippen LogP contribution in [0.25, 0.3) is 248 Å². The Hall–Kier alpha value is -17.4. The molecule has 0 fully saturated rings. The number of nitrogens with zero attached hydrogens (tertiary/aromatic N) is 7. The zero-order valence-electron chi connectivity index (χ0n) is 67.2. The molecule has 0 aliphatic heterocycles. The van der Waals surface area contributed by atoms with Crippen molar-refractivity contribution in [2.24, 2.45) is 0 Å². The first kappa shape index (κ1) is 69.4. The Morgan fingerprint density at radius 3 is 0.627 bits per heavy atom. The molecule has 14 aromatic heterocycles. The third-order valence-corrected chi connectivity index (χ3v) is 25.7. The lowest BCUT2D eigenvalue weighted by Crippen LogP contribution is -1.98. The first-order valence-corrected chi connectivity index (χ1v) is 42.2. The van der Waals surface area contributed by atoms with Crippen LogP contribution in [-0.4, -0.2) is 32.0 Å². The van der Waals surface area contributed by atoms with Crippen molar-refractivity contribution in [1.29, 1.82) is 0 Å². The molecule has 0 spiro atoms. The first-order chi connectivity index (χ1) is 62.5. The summed E-state index contributed by atoms with van der Waals surface area (Å²) in [7, 11) is 0. The van der Waals surface area contributed by atoms with Gasteiger partial charge in [0.1, 0.15) is 0 Å². The molecule has 14 heterocycles. The zero-order valence-corrected chi connectivity index (χ0v) is 67.2. The highest BCUT2D eigenvalue weighted by atomic mass is 16.4. The summed E-state index contributed by atoms with van der Waals surface area (Å²) in [6, 6.07) is 128. The van der Waals surface area contributed by atoms with E-state index >= 15 is 0 Å². The SMILES string of the molecule is c1cc(-c2ccc3c4ccccc4c4ccccc4c3c2)cc(-n2c3ccccc3c3ccoc32)c1.c1cc(-c2cccc(-n3c4ccc(-n5c6ccccc6c6ccoc65)cc4c4ccoc43)c2)cc(-n2c3ccccc3c3ccoc32)c1.c1cc(-n2c3ccccc3c3ccoc32)cc(-n2c3ccc(-n4c5ccccc5c5ccoc54)cc3c3ccoc32)c1. The van der Waals surface area contributed by atoms with Gasteiger partial charge in [0.05, 0.1) is 93.8 Å². The van der Waals surface area contributed by atoms with Crippen LogP contribution in [0, 0.1) is 0 Å². The summed E-state index contributed by atoms with van der Waals surface area (Å²) in [5.74, 6) is 0. The molecule has 0 atom stereocenters. The van der Waals surface area contributed by atoms with Gasteiger partial charge >= 0.3 is 0 Å². The highest BCUT2D eigenvalue weighted by Crippen LogP contribution is 2.45. The van der Waals surface area contributed by atoms with E-state index in [4.69, 9.17) is 30.9 Å². The Balaban J connectivity index is 0.0000000993. The maximum absolute atomic E-state index is 6.16. The van der Waals surface area contributed by atoms with E-state index in [9.17, 15) is 0 Å². The average Bonchev–Trinajstić information content (AvgIpc) is 1.17. The third kappa shape index (κ3) is 10.3. The van der Waals surface area contributed by atoms with Crippen LogP contribution in [0.2, 0.25) is 0 Å². The van der Waals surface area contributed by atoms with E-state index in [1.807, 2.05) is 30.3 Å². The average molecular weight is 1620 g/mol. The molecule has 592 valence electrons. The molecule has 15 aromatic carbocycles. The Morgan fingerprint density at radius 1 is 0.119 bits per heavy atom. The van der Waals surface area contributed by atoms with Crippen molar-refractivity contribution < 1.29 is 30.9 Å². The number of para-hydroxylation sites is 5. The summed E-state index contributed by atoms with van der Waals surface area (Å²) in [4.78, 5) is 0. The number of fused-ring (bicyclic) bond motifs is 27. The van der Waals surface area contributed by atoms with Gasteiger partial charge in [-0.3, -0.25) is 32.0 Å². The monoisotopic (exact) mass is 1620 g/mol. The fourth-order valence-electron chi connectivity index (χ4n) is 20.3. The third-order valence-electron chi connectivity index (χ3n) is 25.7. The van der Waals surface area contributed by atoms with Crippen molar-refractivity contribution in [1.82, 2.24) is 32.0 Å². The van der Waals surface area contributed by atoms with Crippen molar-refractivity contribution in [3.63, 3.8) is 0 Å². The fraction of sp³-hybridized carbons (Fsp3) is 0. The molecular weight excluding hydrogens is 1560 g/mol. The van der Waals surface area contributed by atoms with Crippen molar-refractivity contribution in [2.75, 3.05) is 0 Å². The lowest BCUT2D eigenvalue weighted by Gasteiger charge is -2.13. The highest BCUT2D eigenvalue weighted by Gasteiger charge is 2.26. The number of benzene rings is 15. The van der Waals surface area contributed by atoms with Gasteiger partial charge in [0, 0.05) is 104 Å². The number of hydrogen-bond donors (Lipinski definition) is 0. The largest absolute Gasteiger partial charge is 0.447 e. The molecule has 14 heteroatoms. The van der Waals surface area contributed by atoms with Gasteiger partial charge in [-0.05, 0) is 224 Å². The number of aromatic nitrogens is 7. The maximum Gasteiger partial charge on any atom is 0.212 e. The molecule has 0 saturated heterocycles. The summed E-state index contributed by atoms with van der Waals surface area (Å²) in [6.07, 6.45) is 12.3. The van der Waals surface area contributed by atoms with Gasteiger partial charge in [0.2, 0.25) is 40.0 Å². The number of furan rings is 7. The van der Waals surface area contributed by atoms with Crippen LogP contribution in [0.1, 0.15) is 0 Å². The molecule has 0 aliphatic carbocycles. The van der Waals surface area contributed by atoms with E-state index in [-0.39, 0.29) is 0 Å². The van der Waals surface area contributed by atoms with E-state index in [0.29, 0.717) is 0 Å². The van der Waals surface area contributed by atoms with Gasteiger partial charge in [0.15, 0.2) is 0 Å². The Labute approximate surface area is 714 Å². The van der Waals surface area contributed by atoms with Crippen molar-refractivity contribution in [2.45, 2.75) is 0 Å². The Bertz CT molecular complexity index is 9470. The standard InChI is InChI=1S/C42H25N3O3.C36H21N3O3.C34H21NO/c1-3-13-37-31(11-1)33-17-20-46-40(33)43(37)28-9-5-7-26(23-28)27-8-6-10-29(24-27)44-39-16-15-30(25-36(39)35-19-22-48-42(35)44)45-38-14-4-2-12-32(38)34-18-21-47-41(34)45;1-3-10-31-25(8-1)27-14-17-40-34(27)37(31)22-6-5-7-23(20-22)38-33-13-12-24(21-30(33)29-16-19-42-36(29)38)39-32-11-4-2-9-26(32)28-15-18-41-35(28)39;1-2-12-27-25(10-1)26-11-3-4-13-28(26)32-21-23(16-17-29(27)32)22-8-7-9-24(20-22)35-33-15-6-5-14-30(33)31-18-19-36-34(31)35/h1-25H;1-21H;1-21H. The molecule has 0 aliphatic rings. The molecule has 29 rings (SSSR count). The van der Waals surface area contributed by atoms with E-state index in [2.05, 4.69) is 366 Å². The van der Waals surface area contributed by atoms with Crippen molar-refractivity contribution in [3.05, 3.63) is 408 Å². The first-order valence-electron chi connectivity index (χ1n) is 42.2. The van der Waals surface area contributed by atoms with Gasteiger partial charge in [0.25, 0.3) is 0 Å². The van der Waals surface area contributed by atoms with Crippen LogP contribution >= 0.6 is 0 Å². The number of rotatable bonds is 9. The summed E-state index contributed by atoms with van der Waals surface area (Å²) in [6.45, 7) is 0. The van der Waals surface area contributed by atoms with E-state index < -0.39 is 0 Å². The summed E-state index contributed by atoms with van der Waals surface area (Å²) < 4.78 is 57.6. The highest BCUT2D eigenvalue weighted by molar-refractivity contribution is 6.26. The quantitative estimate of drug-likeness (QED) is 0.132. The molecule has 29 aromatic rings. The predicted octanol–water partition coefficient (Wildman–Crippen LogP) is 30.7. The predicted molar refractivity (Wildman–Crippen MR) is 509 cm³/mol. The topological polar surface area (TPSA) is 126 Å². The van der Waals surface area contributed by atoms with Gasteiger partial charge in [-0.15, -0.1) is 0 Å². The summed E-state index contributed by atoms with van der Waals surface area (Å²) in [5.41, 5.74) is 25.5. The molecule has 0 saturated carbocycles. The van der Waals surface area contributed by atoms with Crippen LogP contribution in [0.15, 0.2) is 439 Å². The van der Waals surface area contributed by atoms with Crippen LogP contribution in [0.3, 0.4) is 0 Å². The molecule has 0 bridgehead atoms. The smallest absolute Gasteiger partial charge is 0.212 e. The second-order valence-corrected chi connectivity index (χ2v) is 32.3. The van der Waals surface area contributed by atoms with Crippen molar-refractivity contribution >= 4 is 186 Å². The molecule has 14 nitrogen and oxygen atoms in total. The summed E-state index contributed by atoms with van der Waals surface area (Å²) >= 11 is 0. The zero-order chi connectivity index (χ0) is 82.3. The fourth-order valence-corrected chi connectivity index (χ4v) is 20.3. The molecule has 0 unspecified atom stereocenters. The minimum atomic E-state index is 0.806. The van der Waals surface area contributed by atoms with Crippen LogP contribution in [-0.2, 0) is 0 Å². The molecular formula is C112H67N7O7. The number of hydrogen-bond acceptors (Lipinski definition) is 7. The van der Waals surface area contributed by atoms with Gasteiger partial charge in [-0.2, -0.15) is 0 Å². The minimum absolute atomic E-state index is 0.806. The second kappa shape index (κ2) is 27.1. The maximum atomic E-state index is 6.16. The second-order valence-electron chi connectivity index (χ2n) is 32.3. The lowest BCUT2D eigenvalue weighted by molar-refractivity contribution is 0.594. The van der Waals surface area contributed by atoms with E-state index in [1.54, 1.807) is 43.8 Å². The molecule has 0 amide bonds. The van der Waals surface area contributed by atoms with Gasteiger partial charge < -0.3 is 30.9 Å². The van der Waals surface area contributed by atoms with Crippen LogP contribution < -0.4 is 0 Å². The van der Waals surface area contributed by atoms with Crippen molar-refractivity contribution in [3.8, 4) is 62.1 Å². The molecule has 0 radical (unpaired) electrons. The van der Waals surface area contributed by atoms with Gasteiger partial charge in [-0.25, -0.2) is 0 Å². The lowest BCUT2D eigenvalue weighted by atomic mass is 9.92. The normalized spacial score (nSPS) is 12.1. The Morgan fingerprint density at radius 2 is 0.333 bits per heavy atom. The van der Waals surface area contributed by atoms with Gasteiger partial charge in [-0.1, -0.05) is 194 Å².